The summed E-state index contributed by atoms with van der Waals surface area (Å²) < 4.78 is 26.0. The monoisotopic (exact) mass is 493 g/mol. The van der Waals surface area contributed by atoms with Gasteiger partial charge in [0.1, 0.15) is 6.04 Å². The van der Waals surface area contributed by atoms with Crippen molar-refractivity contribution in [3.63, 3.8) is 0 Å². The maximum Gasteiger partial charge on any atom is 0.242 e. The third-order valence-corrected chi connectivity index (χ3v) is 6.97. The van der Waals surface area contributed by atoms with E-state index in [0.717, 1.165) is 17.4 Å². The molecule has 0 aromatic heterocycles. The van der Waals surface area contributed by atoms with Gasteiger partial charge in [-0.15, -0.1) is 0 Å². The second-order valence-electron chi connectivity index (χ2n) is 7.93. The summed E-state index contributed by atoms with van der Waals surface area (Å²) in [6, 6.07) is 13.7. The minimum atomic E-state index is -3.51. The van der Waals surface area contributed by atoms with E-state index in [1.165, 1.54) is 16.3 Å². The summed E-state index contributed by atoms with van der Waals surface area (Å²) in [4.78, 5) is 27.2. The molecule has 2 amide bonds. The van der Waals surface area contributed by atoms with E-state index in [9.17, 15) is 18.0 Å². The van der Waals surface area contributed by atoms with Gasteiger partial charge in [-0.25, -0.2) is 8.42 Å². The summed E-state index contributed by atoms with van der Waals surface area (Å²) in [5, 5.41) is 3.14. The Bertz CT molecular complexity index is 1060. The third-order valence-electron chi connectivity index (χ3n) is 5.40. The number of hydrogen-bond acceptors (Lipinski definition) is 4. The number of carbonyl (C=O) groups is 2. The summed E-state index contributed by atoms with van der Waals surface area (Å²) in [7, 11) is -1.98. The number of rotatable bonds is 11. The summed E-state index contributed by atoms with van der Waals surface area (Å²) in [6.07, 6.45) is 1.99. The lowest BCUT2D eigenvalue weighted by molar-refractivity contribution is -0.141. The molecule has 2 aromatic carbocycles. The number of amides is 2. The highest BCUT2D eigenvalue weighted by molar-refractivity contribution is 7.92. The average molecular weight is 494 g/mol. The molecule has 1 atom stereocenters. The summed E-state index contributed by atoms with van der Waals surface area (Å²) in [5.41, 5.74) is 2.32. The zero-order chi connectivity index (χ0) is 24.6. The van der Waals surface area contributed by atoms with Crippen LogP contribution in [0.25, 0.3) is 0 Å². The van der Waals surface area contributed by atoms with E-state index in [4.69, 9.17) is 11.6 Å². The first kappa shape index (κ1) is 26.7. The predicted molar refractivity (Wildman–Crippen MR) is 133 cm³/mol. The molecule has 0 heterocycles. The van der Waals surface area contributed by atoms with Crippen molar-refractivity contribution in [1.82, 2.24) is 10.2 Å². The van der Waals surface area contributed by atoms with Crippen LogP contribution >= 0.6 is 11.6 Å². The van der Waals surface area contributed by atoms with E-state index in [-0.39, 0.29) is 31.3 Å². The molecule has 0 fully saturated rings. The van der Waals surface area contributed by atoms with Crippen molar-refractivity contribution in [2.75, 3.05) is 24.2 Å². The molecule has 0 spiro atoms. The molecule has 1 unspecified atom stereocenters. The fourth-order valence-electron chi connectivity index (χ4n) is 3.61. The molecule has 0 aliphatic carbocycles. The number of likely N-dealkylation sites (N-methyl/N-ethyl adjacent to an activating group) is 1. The second-order valence-corrected chi connectivity index (χ2v) is 10.2. The first-order chi connectivity index (χ1) is 15.6. The zero-order valence-electron chi connectivity index (χ0n) is 19.5. The van der Waals surface area contributed by atoms with Crippen LogP contribution in [0.5, 0.6) is 0 Å². The number of hydrogen-bond donors (Lipinski definition) is 1. The van der Waals surface area contributed by atoms with Gasteiger partial charge in [0, 0.05) is 31.6 Å². The van der Waals surface area contributed by atoms with Crippen LogP contribution < -0.4 is 9.62 Å². The van der Waals surface area contributed by atoms with Gasteiger partial charge in [-0.1, -0.05) is 54.4 Å². The number of nitrogens with one attached hydrogen (secondary N) is 1. The first-order valence-corrected chi connectivity index (χ1v) is 13.1. The molecule has 0 aliphatic heterocycles. The molecule has 0 aliphatic rings. The van der Waals surface area contributed by atoms with Gasteiger partial charge in [-0.2, -0.15) is 0 Å². The van der Waals surface area contributed by atoms with Crippen molar-refractivity contribution in [1.29, 1.82) is 0 Å². The van der Waals surface area contributed by atoms with E-state index in [1.54, 1.807) is 24.3 Å². The highest BCUT2D eigenvalue weighted by Crippen LogP contribution is 2.22. The normalized spacial score (nSPS) is 12.2. The second kappa shape index (κ2) is 12.0. The molecule has 2 rings (SSSR count). The molecule has 180 valence electrons. The van der Waals surface area contributed by atoms with Gasteiger partial charge in [-0.05, 0) is 43.5 Å². The molecule has 0 saturated carbocycles. The van der Waals surface area contributed by atoms with Crippen LogP contribution in [0.15, 0.2) is 48.5 Å². The van der Waals surface area contributed by atoms with Gasteiger partial charge in [0.25, 0.3) is 0 Å². The Hall–Kier alpha value is -2.58. The van der Waals surface area contributed by atoms with Crippen molar-refractivity contribution in [3.8, 4) is 0 Å². The van der Waals surface area contributed by atoms with Crippen molar-refractivity contribution in [3.05, 3.63) is 64.7 Å². The fraction of sp³-hybridized carbons (Fsp3) is 0.417. The molecule has 9 heteroatoms. The van der Waals surface area contributed by atoms with Gasteiger partial charge < -0.3 is 10.2 Å². The maximum atomic E-state index is 13.2. The lowest BCUT2D eigenvalue weighted by atomic mass is 10.1. The van der Waals surface area contributed by atoms with Crippen LogP contribution in [-0.2, 0) is 26.2 Å². The first-order valence-electron chi connectivity index (χ1n) is 10.9. The van der Waals surface area contributed by atoms with Crippen LogP contribution in [0.2, 0.25) is 5.02 Å². The Morgan fingerprint density at radius 1 is 1.09 bits per heavy atom. The topological polar surface area (TPSA) is 86.8 Å². The van der Waals surface area contributed by atoms with Crippen LogP contribution in [0, 0.1) is 6.92 Å². The van der Waals surface area contributed by atoms with E-state index in [0.29, 0.717) is 23.6 Å². The number of benzene rings is 2. The van der Waals surface area contributed by atoms with Crippen molar-refractivity contribution in [2.45, 2.75) is 45.7 Å². The molecule has 2 aromatic rings. The maximum absolute atomic E-state index is 13.2. The van der Waals surface area contributed by atoms with Crippen LogP contribution in [-0.4, -0.2) is 51.0 Å². The Morgan fingerprint density at radius 3 is 2.27 bits per heavy atom. The standard InChI is InChI=1S/C24H32ClN3O4S/c1-5-22(24(30)26-3)27(17-19-9-6-7-10-21(19)25)23(29)11-8-16-28(33(4,31)32)20-14-12-18(2)13-15-20/h6-7,9-10,12-15,22H,5,8,11,16-17H2,1-4H3,(H,26,30). The van der Waals surface area contributed by atoms with Crippen molar-refractivity contribution < 1.29 is 18.0 Å². The average Bonchev–Trinajstić information content (AvgIpc) is 2.77. The van der Waals surface area contributed by atoms with Gasteiger partial charge in [0.05, 0.1) is 11.9 Å². The Balaban J connectivity index is 2.19. The minimum Gasteiger partial charge on any atom is -0.357 e. The van der Waals surface area contributed by atoms with E-state index in [1.807, 2.05) is 38.1 Å². The number of sulfonamides is 1. The van der Waals surface area contributed by atoms with E-state index in [2.05, 4.69) is 5.32 Å². The summed E-state index contributed by atoms with van der Waals surface area (Å²) in [6.45, 7) is 4.12. The smallest absolute Gasteiger partial charge is 0.242 e. The number of aryl methyl sites for hydroxylation is 1. The van der Waals surface area contributed by atoms with Crippen LogP contribution in [0.4, 0.5) is 5.69 Å². The molecule has 1 N–H and O–H groups in total. The highest BCUT2D eigenvalue weighted by Gasteiger charge is 2.28. The molecular weight excluding hydrogens is 462 g/mol. The Labute approximate surface area is 201 Å². The van der Waals surface area contributed by atoms with E-state index < -0.39 is 16.1 Å². The van der Waals surface area contributed by atoms with Crippen molar-refractivity contribution in [2.24, 2.45) is 0 Å². The van der Waals surface area contributed by atoms with Gasteiger partial charge in [-0.3, -0.25) is 13.9 Å². The van der Waals surface area contributed by atoms with Crippen LogP contribution in [0.3, 0.4) is 0 Å². The molecule has 7 nitrogen and oxygen atoms in total. The highest BCUT2D eigenvalue weighted by atomic mass is 35.5. The number of halogens is 1. The third kappa shape index (κ3) is 7.47. The lowest BCUT2D eigenvalue weighted by Crippen LogP contribution is -2.48. The van der Waals surface area contributed by atoms with Crippen LogP contribution in [0.1, 0.15) is 37.3 Å². The molecule has 0 radical (unpaired) electrons. The zero-order valence-corrected chi connectivity index (χ0v) is 21.1. The summed E-state index contributed by atoms with van der Waals surface area (Å²) in [5.74, 6) is -0.488. The largest absolute Gasteiger partial charge is 0.357 e. The van der Waals surface area contributed by atoms with Gasteiger partial charge in [0.15, 0.2) is 0 Å². The molecule has 0 bridgehead atoms. The fourth-order valence-corrected chi connectivity index (χ4v) is 4.77. The van der Waals surface area contributed by atoms with Gasteiger partial charge in [0.2, 0.25) is 21.8 Å². The van der Waals surface area contributed by atoms with Crippen molar-refractivity contribution >= 4 is 39.1 Å². The number of anilines is 1. The molecular formula is C24H32ClN3O4S. The predicted octanol–water partition coefficient (Wildman–Crippen LogP) is 3.75. The molecule has 33 heavy (non-hydrogen) atoms. The molecule has 0 saturated heterocycles. The minimum absolute atomic E-state index is 0.0931. The summed E-state index contributed by atoms with van der Waals surface area (Å²) >= 11 is 6.30. The SMILES string of the molecule is CCC(C(=O)NC)N(Cc1ccccc1Cl)C(=O)CCCN(c1ccc(C)cc1)S(C)(=O)=O. The Morgan fingerprint density at radius 2 is 1.73 bits per heavy atom. The quantitative estimate of drug-likeness (QED) is 0.516. The van der Waals surface area contributed by atoms with E-state index >= 15 is 0 Å². The Kier molecular flexibility index (Phi) is 9.73. The number of carbonyl (C=O) groups excluding carboxylic acids is 2. The number of nitrogens with zero attached hydrogens (tertiary/aromatic N) is 2. The lowest BCUT2D eigenvalue weighted by Gasteiger charge is -2.31. The van der Waals surface area contributed by atoms with Gasteiger partial charge >= 0.3 is 0 Å².